The van der Waals surface area contributed by atoms with Crippen LogP contribution in [0.4, 0.5) is 8.78 Å². The van der Waals surface area contributed by atoms with Crippen LogP contribution < -0.4 is 0 Å². The zero-order valence-electron chi connectivity index (χ0n) is 16.6. The number of amides is 2. The largest absolute Gasteiger partial charge is 0.337 e. The van der Waals surface area contributed by atoms with E-state index in [1.54, 1.807) is 22.8 Å². The van der Waals surface area contributed by atoms with E-state index in [0.29, 0.717) is 56.7 Å². The monoisotopic (exact) mass is 402 g/mol. The Labute approximate surface area is 167 Å². The predicted molar refractivity (Wildman–Crippen MR) is 102 cm³/mol. The third-order valence-electron chi connectivity index (χ3n) is 6.11. The molecule has 0 saturated carbocycles. The van der Waals surface area contributed by atoms with Gasteiger partial charge in [0.2, 0.25) is 5.91 Å². The van der Waals surface area contributed by atoms with Crippen LogP contribution in [0.15, 0.2) is 12.1 Å². The molecule has 3 heterocycles. The molecule has 1 aromatic carbocycles. The maximum Gasteiger partial charge on any atom is 0.274 e. The van der Waals surface area contributed by atoms with Gasteiger partial charge in [0.25, 0.3) is 5.91 Å². The van der Waals surface area contributed by atoms with Gasteiger partial charge in [0.1, 0.15) is 0 Å². The normalized spacial score (nSPS) is 17.0. The molecule has 0 spiro atoms. The number of aromatic amines is 1. The van der Waals surface area contributed by atoms with Gasteiger partial charge in [-0.15, -0.1) is 0 Å². The van der Waals surface area contributed by atoms with Gasteiger partial charge in [-0.05, 0) is 42.9 Å². The first kappa shape index (κ1) is 19.5. The highest BCUT2D eigenvalue weighted by molar-refractivity contribution is 5.94. The number of benzene rings is 1. The SMILES string of the molecule is CCC(=O)N1Cc2[nH]nc(C(=O)N3CCC(c4ccc(F)c(F)c4C)CC3)c2C1. The fourth-order valence-electron chi connectivity index (χ4n) is 4.37. The van der Waals surface area contributed by atoms with Crippen molar-refractivity contribution in [3.8, 4) is 0 Å². The number of nitrogens with one attached hydrogen (secondary N) is 1. The van der Waals surface area contributed by atoms with E-state index in [0.717, 1.165) is 16.8 Å². The Morgan fingerprint density at radius 3 is 2.59 bits per heavy atom. The maximum atomic E-state index is 13.9. The number of H-pyrrole nitrogens is 1. The zero-order valence-corrected chi connectivity index (χ0v) is 16.6. The van der Waals surface area contributed by atoms with Crippen LogP contribution in [0, 0.1) is 18.6 Å². The number of likely N-dealkylation sites (tertiary alicyclic amines) is 1. The van der Waals surface area contributed by atoms with Gasteiger partial charge >= 0.3 is 0 Å². The number of hydrogen-bond donors (Lipinski definition) is 1. The molecule has 1 saturated heterocycles. The first-order chi connectivity index (χ1) is 13.9. The van der Waals surface area contributed by atoms with Gasteiger partial charge < -0.3 is 9.80 Å². The second-order valence-electron chi connectivity index (χ2n) is 7.77. The zero-order chi connectivity index (χ0) is 20.7. The lowest BCUT2D eigenvalue weighted by molar-refractivity contribution is -0.131. The minimum atomic E-state index is -0.832. The average molecular weight is 402 g/mol. The molecular formula is C21H24F2N4O2. The van der Waals surface area contributed by atoms with Crippen molar-refractivity contribution < 1.29 is 18.4 Å². The summed E-state index contributed by atoms with van der Waals surface area (Å²) in [6.45, 7) is 5.34. The molecule has 8 heteroatoms. The standard InChI is InChI=1S/C21H24F2N4O2/c1-3-18(28)27-10-15-17(11-27)24-25-20(15)21(29)26-8-6-13(7-9-26)14-4-5-16(22)19(23)12(14)2/h4-5,13H,3,6-11H2,1-2H3,(H,24,25). The van der Waals surface area contributed by atoms with Crippen molar-refractivity contribution in [2.24, 2.45) is 0 Å². The van der Waals surface area contributed by atoms with E-state index in [2.05, 4.69) is 10.2 Å². The number of rotatable bonds is 3. The van der Waals surface area contributed by atoms with E-state index in [1.165, 1.54) is 6.07 Å². The quantitative estimate of drug-likeness (QED) is 0.857. The van der Waals surface area contributed by atoms with Gasteiger partial charge in [0, 0.05) is 25.1 Å². The van der Waals surface area contributed by atoms with Gasteiger partial charge in [-0.25, -0.2) is 8.78 Å². The number of aromatic nitrogens is 2. The van der Waals surface area contributed by atoms with E-state index in [1.807, 2.05) is 6.92 Å². The lowest BCUT2D eigenvalue weighted by Gasteiger charge is -2.32. The smallest absolute Gasteiger partial charge is 0.274 e. The van der Waals surface area contributed by atoms with E-state index >= 15 is 0 Å². The van der Waals surface area contributed by atoms with Crippen molar-refractivity contribution in [2.75, 3.05) is 13.1 Å². The Kier molecular flexibility index (Phi) is 5.10. The molecule has 0 unspecified atom stereocenters. The van der Waals surface area contributed by atoms with Crippen molar-refractivity contribution in [1.82, 2.24) is 20.0 Å². The summed E-state index contributed by atoms with van der Waals surface area (Å²) in [6, 6.07) is 2.82. The molecule has 0 radical (unpaired) electrons. The molecule has 1 aromatic heterocycles. The van der Waals surface area contributed by atoms with E-state index in [4.69, 9.17) is 0 Å². The van der Waals surface area contributed by atoms with Crippen LogP contribution in [0.2, 0.25) is 0 Å². The van der Waals surface area contributed by atoms with Crippen LogP contribution >= 0.6 is 0 Å². The van der Waals surface area contributed by atoms with Gasteiger partial charge in [0.05, 0.1) is 18.8 Å². The number of hydrogen-bond acceptors (Lipinski definition) is 3. The van der Waals surface area contributed by atoms with Gasteiger partial charge in [-0.2, -0.15) is 5.10 Å². The summed E-state index contributed by atoms with van der Waals surface area (Å²) in [5.74, 6) is -1.62. The molecule has 6 nitrogen and oxygen atoms in total. The number of fused-ring (bicyclic) bond motifs is 1. The Balaban J connectivity index is 1.44. The first-order valence-corrected chi connectivity index (χ1v) is 9.98. The van der Waals surface area contributed by atoms with E-state index < -0.39 is 11.6 Å². The molecular weight excluding hydrogens is 378 g/mol. The predicted octanol–water partition coefficient (Wildman–Crippen LogP) is 3.27. The Bertz CT molecular complexity index is 964. The lowest BCUT2D eigenvalue weighted by atomic mass is 9.86. The minimum absolute atomic E-state index is 0.0516. The number of nitrogens with zero attached hydrogens (tertiary/aromatic N) is 3. The lowest BCUT2D eigenvalue weighted by Crippen LogP contribution is -2.38. The highest BCUT2D eigenvalue weighted by Crippen LogP contribution is 2.33. The van der Waals surface area contributed by atoms with Crippen LogP contribution in [0.5, 0.6) is 0 Å². The summed E-state index contributed by atoms with van der Waals surface area (Å²) in [6.07, 6.45) is 1.80. The van der Waals surface area contributed by atoms with Crippen molar-refractivity contribution in [3.05, 3.63) is 51.8 Å². The molecule has 2 aliphatic rings. The van der Waals surface area contributed by atoms with Crippen molar-refractivity contribution in [2.45, 2.75) is 52.1 Å². The van der Waals surface area contributed by atoms with Gasteiger partial charge in [-0.3, -0.25) is 14.7 Å². The highest BCUT2D eigenvalue weighted by atomic mass is 19.2. The van der Waals surface area contributed by atoms with Crippen molar-refractivity contribution >= 4 is 11.8 Å². The van der Waals surface area contributed by atoms with Crippen LogP contribution in [0.1, 0.15) is 65.0 Å². The fourth-order valence-corrected chi connectivity index (χ4v) is 4.37. The summed E-state index contributed by atoms with van der Waals surface area (Å²) in [7, 11) is 0. The van der Waals surface area contributed by atoms with Crippen molar-refractivity contribution in [1.29, 1.82) is 0 Å². The molecule has 2 aromatic rings. The first-order valence-electron chi connectivity index (χ1n) is 9.98. The number of carbonyl (C=O) groups excluding carboxylic acids is 2. The average Bonchev–Trinajstić information content (AvgIpc) is 3.32. The third-order valence-corrected chi connectivity index (χ3v) is 6.11. The molecule has 154 valence electrons. The molecule has 2 aliphatic heterocycles. The van der Waals surface area contributed by atoms with Crippen LogP contribution in [0.3, 0.4) is 0 Å². The number of carbonyl (C=O) groups is 2. The number of halogens is 2. The van der Waals surface area contributed by atoms with E-state index in [-0.39, 0.29) is 17.7 Å². The molecule has 1 N–H and O–H groups in total. The molecule has 0 bridgehead atoms. The second kappa shape index (κ2) is 7.57. The fraction of sp³-hybridized carbons (Fsp3) is 0.476. The topological polar surface area (TPSA) is 69.3 Å². The maximum absolute atomic E-state index is 13.9. The molecule has 2 amide bonds. The third kappa shape index (κ3) is 3.41. The molecule has 0 atom stereocenters. The van der Waals surface area contributed by atoms with Gasteiger partial charge in [-0.1, -0.05) is 13.0 Å². The van der Waals surface area contributed by atoms with Crippen LogP contribution in [-0.2, 0) is 17.9 Å². The summed E-state index contributed by atoms with van der Waals surface area (Å²) in [4.78, 5) is 28.4. The van der Waals surface area contributed by atoms with E-state index in [9.17, 15) is 18.4 Å². The van der Waals surface area contributed by atoms with Gasteiger partial charge in [0.15, 0.2) is 17.3 Å². The Morgan fingerprint density at radius 2 is 1.90 bits per heavy atom. The second-order valence-corrected chi connectivity index (χ2v) is 7.77. The van der Waals surface area contributed by atoms with Crippen LogP contribution in [0.25, 0.3) is 0 Å². The molecule has 29 heavy (non-hydrogen) atoms. The van der Waals surface area contributed by atoms with Crippen LogP contribution in [-0.4, -0.2) is 44.9 Å². The Hall–Kier alpha value is -2.77. The number of piperidine rings is 1. The Morgan fingerprint density at radius 1 is 1.17 bits per heavy atom. The molecule has 4 rings (SSSR count). The summed E-state index contributed by atoms with van der Waals surface area (Å²) in [5, 5.41) is 7.10. The highest BCUT2D eigenvalue weighted by Gasteiger charge is 2.33. The summed E-state index contributed by atoms with van der Waals surface area (Å²) >= 11 is 0. The summed E-state index contributed by atoms with van der Waals surface area (Å²) < 4.78 is 27.3. The molecule has 0 aliphatic carbocycles. The summed E-state index contributed by atoms with van der Waals surface area (Å²) in [5.41, 5.74) is 3.16. The minimum Gasteiger partial charge on any atom is -0.337 e. The van der Waals surface area contributed by atoms with Crippen molar-refractivity contribution in [3.63, 3.8) is 0 Å². The molecule has 1 fully saturated rings.